The predicted molar refractivity (Wildman–Crippen MR) is 63.3 cm³/mol. The Balaban J connectivity index is 0. The van der Waals surface area contributed by atoms with E-state index >= 15 is 0 Å². The van der Waals surface area contributed by atoms with Crippen LogP contribution < -0.4 is 0 Å². The molecule has 0 saturated heterocycles. The summed E-state index contributed by atoms with van der Waals surface area (Å²) >= 11 is 0. The van der Waals surface area contributed by atoms with Gasteiger partial charge in [0.2, 0.25) is 0 Å². The van der Waals surface area contributed by atoms with Crippen molar-refractivity contribution in [3.05, 3.63) is 12.7 Å². The van der Waals surface area contributed by atoms with Gasteiger partial charge in [0.25, 0.3) is 0 Å². The lowest BCUT2D eigenvalue weighted by atomic mass is 10.3. The predicted octanol–water partition coefficient (Wildman–Crippen LogP) is 0.447. The van der Waals surface area contributed by atoms with Gasteiger partial charge < -0.3 is 19.4 Å². The molecular formula is C9H21NO6P+. The van der Waals surface area contributed by atoms with Gasteiger partial charge in [-0.05, 0) is 6.92 Å². The molecule has 0 bridgehead atoms. The number of phosphoric acid groups is 1. The molecule has 7 nitrogen and oxygen atoms in total. The molecule has 0 radical (unpaired) electrons. The number of phosphoric ester groups is 1. The van der Waals surface area contributed by atoms with Crippen molar-refractivity contribution in [2.24, 2.45) is 0 Å². The third-order valence-corrected chi connectivity index (χ3v) is 1.93. The van der Waals surface area contributed by atoms with Crippen molar-refractivity contribution in [3.63, 3.8) is 0 Å². The van der Waals surface area contributed by atoms with Gasteiger partial charge in [-0.15, -0.1) is 0 Å². The van der Waals surface area contributed by atoms with Gasteiger partial charge in [-0.3, -0.25) is 4.52 Å². The van der Waals surface area contributed by atoms with Gasteiger partial charge in [0.05, 0.1) is 21.1 Å². The van der Waals surface area contributed by atoms with Gasteiger partial charge in [0.15, 0.2) is 0 Å². The van der Waals surface area contributed by atoms with Crippen LogP contribution in [0.15, 0.2) is 12.7 Å². The van der Waals surface area contributed by atoms with E-state index in [2.05, 4.69) is 11.1 Å². The molecule has 0 aliphatic carbocycles. The Morgan fingerprint density at radius 1 is 1.47 bits per heavy atom. The van der Waals surface area contributed by atoms with Crippen LogP contribution in [0.1, 0.15) is 6.92 Å². The minimum Gasteiger partial charge on any atom is -0.478 e. The van der Waals surface area contributed by atoms with E-state index in [9.17, 15) is 9.36 Å². The quantitative estimate of drug-likeness (QED) is 0.380. The maximum atomic E-state index is 10.4. The Morgan fingerprint density at radius 2 is 1.82 bits per heavy atom. The van der Waals surface area contributed by atoms with E-state index in [0.29, 0.717) is 11.0 Å². The number of carboxylic acids is 1. The molecule has 0 saturated carbocycles. The first-order valence-electron chi connectivity index (χ1n) is 4.77. The van der Waals surface area contributed by atoms with Crippen molar-refractivity contribution in [3.8, 4) is 0 Å². The number of hydrogen-bond donors (Lipinski definition) is 3. The largest absolute Gasteiger partial charge is 0.478 e. The van der Waals surface area contributed by atoms with Crippen LogP contribution in [0.4, 0.5) is 0 Å². The average molecular weight is 270 g/mol. The molecule has 0 aromatic heterocycles. The summed E-state index contributed by atoms with van der Waals surface area (Å²) in [7, 11) is 1.47. The van der Waals surface area contributed by atoms with E-state index in [-0.39, 0.29) is 0 Å². The highest BCUT2D eigenvalue weighted by Crippen LogP contribution is 2.37. The molecule has 0 amide bonds. The molecule has 3 N–H and O–H groups in total. The first-order valence-corrected chi connectivity index (χ1v) is 6.30. The lowest BCUT2D eigenvalue weighted by Gasteiger charge is -2.27. The summed E-state index contributed by atoms with van der Waals surface area (Å²) in [6.07, 6.45) is 0.394. The second kappa shape index (κ2) is 7.58. The van der Waals surface area contributed by atoms with E-state index in [4.69, 9.17) is 14.9 Å². The maximum absolute atomic E-state index is 10.4. The van der Waals surface area contributed by atoms with Crippen molar-refractivity contribution < 1.29 is 33.3 Å². The Kier molecular flexibility index (Phi) is 8.31. The standard InChI is InChI=1S/C6H16NO4P.C3H4O2/c1-6(5-7(2,3)4)11-12(8,9)10;1-2-3(4)5/h6H,5H2,1-4H3,(H-,8,9,10);2H,1H2,(H,4,5)/p+1. The summed E-state index contributed by atoms with van der Waals surface area (Å²) in [4.78, 5) is 26.2. The molecule has 8 heteroatoms. The number of carbonyl (C=O) groups is 1. The van der Waals surface area contributed by atoms with Crippen LogP contribution in [0.2, 0.25) is 0 Å². The highest BCUT2D eigenvalue weighted by molar-refractivity contribution is 7.46. The number of aliphatic carboxylic acids is 1. The molecule has 17 heavy (non-hydrogen) atoms. The third kappa shape index (κ3) is 21.2. The van der Waals surface area contributed by atoms with Crippen LogP contribution in [0.3, 0.4) is 0 Å². The molecule has 0 fully saturated rings. The normalized spacial score (nSPS) is 13.3. The fourth-order valence-corrected chi connectivity index (χ4v) is 1.57. The van der Waals surface area contributed by atoms with Gasteiger partial charge in [-0.2, -0.15) is 0 Å². The monoisotopic (exact) mass is 270 g/mol. The van der Waals surface area contributed by atoms with Gasteiger partial charge in [0, 0.05) is 6.08 Å². The number of nitrogens with zero attached hydrogens (tertiary/aromatic N) is 1. The molecule has 1 unspecified atom stereocenters. The summed E-state index contributed by atoms with van der Waals surface area (Å²) in [5, 5.41) is 7.60. The van der Waals surface area contributed by atoms with E-state index in [0.717, 1.165) is 6.08 Å². The molecule has 1 atom stereocenters. The van der Waals surface area contributed by atoms with Gasteiger partial charge in [0.1, 0.15) is 12.6 Å². The summed E-state index contributed by atoms with van der Waals surface area (Å²) in [6, 6.07) is 0. The first kappa shape index (κ1) is 18.6. The number of likely N-dealkylation sites (N-methyl/N-ethyl adjacent to an activating group) is 1. The van der Waals surface area contributed by atoms with Crippen molar-refractivity contribution >= 4 is 13.8 Å². The van der Waals surface area contributed by atoms with Crippen molar-refractivity contribution in [2.75, 3.05) is 27.7 Å². The van der Waals surface area contributed by atoms with Crippen molar-refractivity contribution in [1.29, 1.82) is 0 Å². The highest BCUT2D eigenvalue weighted by Gasteiger charge is 2.23. The van der Waals surface area contributed by atoms with E-state index in [1.807, 2.05) is 21.1 Å². The minimum absolute atomic E-state index is 0.439. The van der Waals surface area contributed by atoms with Crippen LogP contribution >= 0.6 is 7.82 Å². The summed E-state index contributed by atoms with van der Waals surface area (Å²) in [5.41, 5.74) is 0. The van der Waals surface area contributed by atoms with Gasteiger partial charge in [-0.25, -0.2) is 9.36 Å². The second-order valence-electron chi connectivity index (χ2n) is 4.42. The average Bonchev–Trinajstić information content (AvgIpc) is 1.97. The van der Waals surface area contributed by atoms with Gasteiger partial charge >= 0.3 is 13.8 Å². The molecule has 0 rings (SSSR count). The zero-order valence-electron chi connectivity index (χ0n) is 10.5. The molecule has 0 aliphatic heterocycles. The third-order valence-electron chi connectivity index (χ3n) is 1.30. The zero-order valence-corrected chi connectivity index (χ0v) is 11.4. The van der Waals surface area contributed by atoms with Crippen LogP contribution in [0, 0.1) is 0 Å². The first-order chi connectivity index (χ1) is 7.37. The number of hydrogen-bond acceptors (Lipinski definition) is 3. The molecular weight excluding hydrogens is 249 g/mol. The molecule has 0 aromatic rings. The summed E-state index contributed by atoms with van der Waals surface area (Å²) in [5.74, 6) is -0.981. The summed E-state index contributed by atoms with van der Waals surface area (Å²) < 4.78 is 15.5. The molecule has 0 spiro atoms. The number of rotatable bonds is 5. The Labute approximate surface area is 101 Å². The lowest BCUT2D eigenvalue weighted by Crippen LogP contribution is -2.41. The van der Waals surface area contributed by atoms with Gasteiger partial charge in [-0.1, -0.05) is 6.58 Å². The smallest absolute Gasteiger partial charge is 0.470 e. The zero-order chi connectivity index (χ0) is 14.3. The fourth-order valence-electron chi connectivity index (χ4n) is 1.04. The topological polar surface area (TPSA) is 104 Å². The lowest BCUT2D eigenvalue weighted by molar-refractivity contribution is -0.873. The van der Waals surface area contributed by atoms with E-state index < -0.39 is 19.9 Å². The van der Waals surface area contributed by atoms with Crippen LogP contribution in [-0.2, 0) is 13.9 Å². The SMILES string of the molecule is C=CC(=O)O.CC(C[N+](C)(C)C)OP(=O)(O)O. The summed E-state index contributed by atoms with van der Waals surface area (Å²) in [6.45, 7) is 5.16. The van der Waals surface area contributed by atoms with Crippen molar-refractivity contribution in [1.82, 2.24) is 0 Å². The molecule has 102 valence electrons. The van der Waals surface area contributed by atoms with E-state index in [1.165, 1.54) is 0 Å². The number of carboxylic acid groups (broad SMARTS) is 1. The Hall–Kier alpha value is -0.720. The molecule has 0 heterocycles. The van der Waals surface area contributed by atoms with Crippen LogP contribution in [0.25, 0.3) is 0 Å². The van der Waals surface area contributed by atoms with Crippen molar-refractivity contribution in [2.45, 2.75) is 13.0 Å². The Morgan fingerprint density at radius 3 is 2.00 bits per heavy atom. The van der Waals surface area contributed by atoms with Crippen LogP contribution in [0.5, 0.6) is 0 Å². The maximum Gasteiger partial charge on any atom is 0.470 e. The highest BCUT2D eigenvalue weighted by atomic mass is 31.2. The molecule has 0 aliphatic rings. The number of quaternary nitrogens is 1. The minimum atomic E-state index is -4.32. The molecule has 0 aromatic carbocycles. The fraction of sp³-hybridized carbons (Fsp3) is 0.667. The Bertz CT molecular complexity index is 292. The van der Waals surface area contributed by atoms with Crippen LogP contribution in [-0.4, -0.2) is 59.1 Å². The second-order valence-corrected chi connectivity index (χ2v) is 5.61. The van der Waals surface area contributed by atoms with E-state index in [1.54, 1.807) is 6.92 Å².